The van der Waals surface area contributed by atoms with Crippen molar-refractivity contribution in [2.45, 2.75) is 30.7 Å². The molecule has 4 heteroatoms. The molecule has 1 aromatic rings. The molecule has 1 heterocycles. The van der Waals surface area contributed by atoms with Gasteiger partial charge in [-0.15, -0.1) is 11.8 Å². The van der Waals surface area contributed by atoms with Gasteiger partial charge < -0.3 is 5.11 Å². The summed E-state index contributed by atoms with van der Waals surface area (Å²) in [6.45, 7) is 3.95. The highest BCUT2D eigenvalue weighted by Crippen LogP contribution is 2.28. The van der Waals surface area contributed by atoms with Crippen molar-refractivity contribution in [3.63, 3.8) is 0 Å². The van der Waals surface area contributed by atoms with Crippen molar-refractivity contribution < 1.29 is 9.90 Å². The fourth-order valence-electron chi connectivity index (χ4n) is 2.76. The molecule has 0 radical (unpaired) electrons. The first-order valence-corrected chi connectivity index (χ1v) is 7.95. The normalized spacial score (nSPS) is 22.1. The summed E-state index contributed by atoms with van der Waals surface area (Å²) in [5, 5.41) is 9.54. The number of carboxylic acids is 1. The number of carboxylic acid groups (broad SMARTS) is 1. The highest BCUT2D eigenvalue weighted by atomic mass is 32.2. The number of thioether (sulfide) groups is 1. The molecule has 1 aliphatic heterocycles. The summed E-state index contributed by atoms with van der Waals surface area (Å²) in [6, 6.07) is 7.40. The van der Waals surface area contributed by atoms with Gasteiger partial charge in [-0.3, -0.25) is 9.69 Å². The second-order valence-electron chi connectivity index (χ2n) is 5.26. The summed E-state index contributed by atoms with van der Waals surface area (Å²) < 4.78 is 0. The van der Waals surface area contributed by atoms with Crippen molar-refractivity contribution in [1.82, 2.24) is 4.90 Å². The summed E-state index contributed by atoms with van der Waals surface area (Å²) in [4.78, 5) is 14.9. The lowest BCUT2D eigenvalue weighted by molar-refractivity contribution is -0.144. The predicted molar refractivity (Wildman–Crippen MR) is 78.6 cm³/mol. The van der Waals surface area contributed by atoms with E-state index in [1.54, 1.807) is 11.8 Å². The Morgan fingerprint density at radius 3 is 2.63 bits per heavy atom. The van der Waals surface area contributed by atoms with E-state index in [-0.39, 0.29) is 0 Å². The van der Waals surface area contributed by atoms with Gasteiger partial charge in [-0.1, -0.05) is 19.1 Å². The maximum Gasteiger partial charge on any atom is 0.325 e. The zero-order chi connectivity index (χ0) is 13.8. The van der Waals surface area contributed by atoms with Crippen LogP contribution in [-0.4, -0.2) is 35.3 Å². The van der Waals surface area contributed by atoms with E-state index in [1.165, 1.54) is 11.3 Å². The molecule has 2 atom stereocenters. The molecule has 1 fully saturated rings. The molecular weight excluding hydrogens is 258 g/mol. The third-order valence-electron chi connectivity index (χ3n) is 3.72. The maximum absolute atomic E-state index is 11.6. The second-order valence-corrected chi connectivity index (χ2v) is 6.14. The number of carbonyl (C=O) groups is 1. The van der Waals surface area contributed by atoms with Crippen LogP contribution in [0.2, 0.25) is 0 Å². The molecule has 0 spiro atoms. The topological polar surface area (TPSA) is 40.5 Å². The molecule has 0 aliphatic carbocycles. The number of hydrogen-bond donors (Lipinski definition) is 1. The number of aliphatic carboxylic acids is 1. The lowest BCUT2D eigenvalue weighted by Gasteiger charge is -2.35. The van der Waals surface area contributed by atoms with E-state index in [0.29, 0.717) is 5.92 Å². The van der Waals surface area contributed by atoms with Crippen LogP contribution in [0.15, 0.2) is 29.2 Å². The minimum Gasteiger partial charge on any atom is -0.480 e. The molecule has 0 saturated carbocycles. The SMILES string of the molecule is CSc1ccc(C(C(=O)O)N2CCCC(C)C2)cc1. The number of benzene rings is 1. The third-order valence-corrected chi connectivity index (χ3v) is 4.46. The van der Waals surface area contributed by atoms with Crippen LogP contribution in [0.25, 0.3) is 0 Å². The lowest BCUT2D eigenvalue weighted by atomic mass is 9.96. The van der Waals surface area contributed by atoms with Crippen molar-refractivity contribution >= 4 is 17.7 Å². The minimum absolute atomic E-state index is 0.501. The summed E-state index contributed by atoms with van der Waals surface area (Å²) in [7, 11) is 0. The second kappa shape index (κ2) is 6.44. The number of rotatable bonds is 4. The first-order chi connectivity index (χ1) is 9.11. The van der Waals surface area contributed by atoms with Crippen molar-refractivity contribution in [3.8, 4) is 0 Å². The van der Waals surface area contributed by atoms with Crippen molar-refractivity contribution in [2.24, 2.45) is 5.92 Å². The van der Waals surface area contributed by atoms with E-state index < -0.39 is 12.0 Å². The van der Waals surface area contributed by atoms with E-state index >= 15 is 0 Å². The standard InChI is InChI=1S/C15H21NO2S/c1-11-4-3-9-16(10-11)14(15(17)18)12-5-7-13(19-2)8-6-12/h5-8,11,14H,3-4,9-10H2,1-2H3,(H,17,18). The third kappa shape index (κ3) is 3.51. The molecule has 1 N–H and O–H groups in total. The van der Waals surface area contributed by atoms with Gasteiger partial charge in [0.15, 0.2) is 0 Å². The van der Waals surface area contributed by atoms with Gasteiger partial charge in [0.2, 0.25) is 0 Å². The van der Waals surface area contributed by atoms with Crippen molar-refractivity contribution in [3.05, 3.63) is 29.8 Å². The Bertz CT molecular complexity index is 432. The molecule has 104 valence electrons. The molecule has 1 aliphatic rings. The fraction of sp³-hybridized carbons (Fsp3) is 0.533. The van der Waals surface area contributed by atoms with Gasteiger partial charge in [0.25, 0.3) is 0 Å². The van der Waals surface area contributed by atoms with Crippen molar-refractivity contribution in [1.29, 1.82) is 0 Å². The van der Waals surface area contributed by atoms with Crippen LogP contribution in [0.4, 0.5) is 0 Å². The van der Waals surface area contributed by atoms with E-state index in [4.69, 9.17) is 0 Å². The molecule has 3 nitrogen and oxygen atoms in total. The van der Waals surface area contributed by atoms with Gasteiger partial charge in [0.1, 0.15) is 6.04 Å². The minimum atomic E-state index is -0.744. The lowest BCUT2D eigenvalue weighted by Crippen LogP contribution is -2.40. The molecule has 1 saturated heterocycles. The van der Waals surface area contributed by atoms with Crippen LogP contribution < -0.4 is 0 Å². The zero-order valence-corrected chi connectivity index (χ0v) is 12.3. The van der Waals surface area contributed by atoms with E-state index in [9.17, 15) is 9.90 Å². The number of nitrogens with zero attached hydrogens (tertiary/aromatic N) is 1. The highest BCUT2D eigenvalue weighted by molar-refractivity contribution is 7.98. The first-order valence-electron chi connectivity index (χ1n) is 6.72. The number of likely N-dealkylation sites (tertiary alicyclic amines) is 1. The number of piperidine rings is 1. The molecule has 0 amide bonds. The Labute approximate surface area is 119 Å². The maximum atomic E-state index is 11.6. The van der Waals surface area contributed by atoms with E-state index in [1.807, 2.05) is 30.5 Å². The van der Waals surface area contributed by atoms with Crippen LogP contribution >= 0.6 is 11.8 Å². The van der Waals surface area contributed by atoms with Gasteiger partial charge in [-0.25, -0.2) is 0 Å². The highest BCUT2D eigenvalue weighted by Gasteiger charge is 2.30. The Balaban J connectivity index is 2.21. The average molecular weight is 279 g/mol. The van der Waals surface area contributed by atoms with Gasteiger partial charge in [0.05, 0.1) is 0 Å². The molecular formula is C15H21NO2S. The molecule has 2 rings (SSSR count). The molecule has 19 heavy (non-hydrogen) atoms. The first kappa shape index (κ1) is 14.4. The van der Waals surface area contributed by atoms with E-state index in [2.05, 4.69) is 11.8 Å². The Kier molecular flexibility index (Phi) is 4.88. The van der Waals surface area contributed by atoms with E-state index in [0.717, 1.165) is 25.1 Å². The summed E-state index contributed by atoms with van der Waals surface area (Å²) in [5.41, 5.74) is 0.888. The smallest absolute Gasteiger partial charge is 0.325 e. The van der Waals surface area contributed by atoms with Gasteiger partial charge in [0, 0.05) is 11.4 Å². The average Bonchev–Trinajstić information content (AvgIpc) is 2.39. The quantitative estimate of drug-likeness (QED) is 0.859. The molecule has 2 unspecified atom stereocenters. The summed E-state index contributed by atoms with van der Waals surface area (Å²) in [6.07, 6.45) is 4.32. The van der Waals surface area contributed by atoms with Gasteiger partial charge >= 0.3 is 5.97 Å². The molecule has 0 aromatic heterocycles. The van der Waals surface area contributed by atoms with Crippen LogP contribution in [0.1, 0.15) is 31.4 Å². The fourth-order valence-corrected chi connectivity index (χ4v) is 3.16. The Morgan fingerprint density at radius 2 is 2.11 bits per heavy atom. The van der Waals surface area contributed by atoms with Crippen LogP contribution in [0.5, 0.6) is 0 Å². The van der Waals surface area contributed by atoms with Gasteiger partial charge in [-0.2, -0.15) is 0 Å². The van der Waals surface area contributed by atoms with Crippen LogP contribution in [-0.2, 0) is 4.79 Å². The molecule has 1 aromatic carbocycles. The van der Waals surface area contributed by atoms with Crippen LogP contribution in [0, 0.1) is 5.92 Å². The van der Waals surface area contributed by atoms with Crippen molar-refractivity contribution in [2.75, 3.05) is 19.3 Å². The Hall–Kier alpha value is -1.00. The zero-order valence-electron chi connectivity index (χ0n) is 11.5. The summed E-state index contributed by atoms with van der Waals surface area (Å²) >= 11 is 1.67. The summed E-state index contributed by atoms with van der Waals surface area (Å²) in [5.74, 6) is -0.160. The predicted octanol–water partition coefficient (Wildman–Crippen LogP) is 3.27. The monoisotopic (exact) mass is 279 g/mol. The molecule has 0 bridgehead atoms. The Morgan fingerprint density at radius 1 is 1.42 bits per heavy atom. The number of hydrogen-bond acceptors (Lipinski definition) is 3. The largest absolute Gasteiger partial charge is 0.480 e. The van der Waals surface area contributed by atoms with Gasteiger partial charge in [-0.05, 0) is 49.3 Å². The van der Waals surface area contributed by atoms with Crippen LogP contribution in [0.3, 0.4) is 0 Å².